The second-order valence-electron chi connectivity index (χ2n) is 2.38. The molecule has 70 valence electrons. The van der Waals surface area contributed by atoms with Crippen molar-refractivity contribution in [2.45, 2.75) is 0 Å². The van der Waals surface area contributed by atoms with Gasteiger partial charge >= 0.3 is 0 Å². The molecule has 12 heavy (non-hydrogen) atoms. The largest absolute Gasteiger partial charge is 0.291 e. The topological polar surface area (TPSA) is 3.24 Å². The number of hydrogen-bond acceptors (Lipinski definition) is 2. The van der Waals surface area contributed by atoms with E-state index in [9.17, 15) is 0 Å². The second kappa shape index (κ2) is 8.07. The van der Waals surface area contributed by atoms with E-state index in [1.54, 1.807) is 0 Å². The van der Waals surface area contributed by atoms with Gasteiger partial charge < -0.3 is 0 Å². The van der Waals surface area contributed by atoms with Crippen LogP contribution in [0.4, 0.5) is 0 Å². The molecule has 0 saturated carbocycles. The fourth-order valence-electron chi connectivity index (χ4n) is 0.974. The quantitative estimate of drug-likeness (QED) is 0.494. The molecule has 0 unspecified atom stereocenters. The van der Waals surface area contributed by atoms with Crippen LogP contribution in [0.3, 0.4) is 0 Å². The van der Waals surface area contributed by atoms with Gasteiger partial charge in [-0.05, 0) is 0 Å². The summed E-state index contributed by atoms with van der Waals surface area (Å²) in [7, 11) is 0. The summed E-state index contributed by atoms with van der Waals surface area (Å²) in [6.45, 7) is 3.26. The maximum Gasteiger partial charge on any atom is 0.0835 e. The molecule has 0 amide bonds. The van der Waals surface area contributed by atoms with Crippen LogP contribution in [0.15, 0.2) is 0 Å². The van der Waals surface area contributed by atoms with Gasteiger partial charge in [0, 0.05) is 24.6 Å². The molecule has 0 aromatic rings. The fraction of sp³-hybridized carbons (Fsp3) is 0.750. The molecule has 0 spiro atoms. The van der Waals surface area contributed by atoms with E-state index in [0.717, 1.165) is 6.54 Å². The lowest BCUT2D eigenvalue weighted by Crippen LogP contribution is -2.32. The lowest BCUT2D eigenvalue weighted by Gasteiger charge is -2.23. The van der Waals surface area contributed by atoms with Gasteiger partial charge in [0.05, 0.1) is 12.4 Å². The average Bonchev–Trinajstić information content (AvgIpc) is 2.07. The standard InChI is InChI=1S/C8H12ClNS.ClH/c9-3-1-2-4-10-5-7-11-8-6-10;/h3-8H2;1H. The number of rotatable bonds is 1. The van der Waals surface area contributed by atoms with E-state index < -0.39 is 0 Å². The molecule has 0 N–H and O–H groups in total. The average molecular weight is 226 g/mol. The molecule has 0 aromatic heterocycles. The summed E-state index contributed by atoms with van der Waals surface area (Å²) in [5, 5.41) is 0. The van der Waals surface area contributed by atoms with Crippen LogP contribution < -0.4 is 0 Å². The Bertz CT molecular complexity index is 158. The Kier molecular flexibility index (Phi) is 8.37. The summed E-state index contributed by atoms with van der Waals surface area (Å²) in [6.07, 6.45) is 0. The summed E-state index contributed by atoms with van der Waals surface area (Å²) in [5.41, 5.74) is 0. The monoisotopic (exact) mass is 225 g/mol. The van der Waals surface area contributed by atoms with Crippen molar-refractivity contribution in [3.63, 3.8) is 0 Å². The van der Waals surface area contributed by atoms with E-state index in [0.29, 0.717) is 5.88 Å². The first-order valence-corrected chi connectivity index (χ1v) is 5.44. The third kappa shape index (κ3) is 5.16. The van der Waals surface area contributed by atoms with Gasteiger partial charge in [-0.15, -0.1) is 24.0 Å². The normalized spacial score (nSPS) is 17.4. The molecular formula is C8H13Cl2NS. The zero-order chi connectivity index (χ0) is 7.94. The van der Waals surface area contributed by atoms with Crippen molar-refractivity contribution in [1.29, 1.82) is 0 Å². The lowest BCUT2D eigenvalue weighted by molar-refractivity contribution is 0.341. The van der Waals surface area contributed by atoms with Gasteiger partial charge in [0.2, 0.25) is 0 Å². The lowest BCUT2D eigenvalue weighted by atomic mass is 10.4. The van der Waals surface area contributed by atoms with Crippen molar-refractivity contribution in [2.24, 2.45) is 0 Å². The maximum absolute atomic E-state index is 5.42. The van der Waals surface area contributed by atoms with Gasteiger partial charge in [0.25, 0.3) is 0 Å². The fourth-order valence-corrected chi connectivity index (χ4v) is 2.05. The SMILES string of the molecule is Cl.ClCC#CCN1CCSCC1. The highest BCUT2D eigenvalue weighted by molar-refractivity contribution is 7.99. The van der Waals surface area contributed by atoms with Crippen molar-refractivity contribution in [1.82, 2.24) is 4.90 Å². The number of alkyl halides is 1. The van der Waals surface area contributed by atoms with Crippen molar-refractivity contribution in [2.75, 3.05) is 37.0 Å². The molecule has 0 radical (unpaired) electrons. The van der Waals surface area contributed by atoms with Crippen LogP contribution in [0.1, 0.15) is 0 Å². The predicted octanol–water partition coefficient (Wildman–Crippen LogP) is 1.70. The van der Waals surface area contributed by atoms with E-state index in [1.165, 1.54) is 24.6 Å². The molecule has 0 aliphatic carbocycles. The van der Waals surface area contributed by atoms with Gasteiger partial charge in [-0.2, -0.15) is 11.8 Å². The third-order valence-electron chi connectivity index (χ3n) is 1.60. The van der Waals surface area contributed by atoms with Gasteiger partial charge in [-0.3, -0.25) is 4.90 Å². The first kappa shape index (κ1) is 12.4. The molecule has 1 aliphatic rings. The number of hydrogen-bond donors (Lipinski definition) is 0. The van der Waals surface area contributed by atoms with Crippen LogP contribution >= 0.6 is 35.8 Å². The Morgan fingerprint density at radius 2 is 1.92 bits per heavy atom. The van der Waals surface area contributed by atoms with Crippen molar-refractivity contribution in [3.05, 3.63) is 0 Å². The highest BCUT2D eigenvalue weighted by Gasteiger charge is 2.07. The highest BCUT2D eigenvalue weighted by Crippen LogP contribution is 2.07. The van der Waals surface area contributed by atoms with Crippen LogP contribution in [0, 0.1) is 11.8 Å². The van der Waals surface area contributed by atoms with Crippen LogP contribution in [0.25, 0.3) is 0 Å². The van der Waals surface area contributed by atoms with Crippen LogP contribution in [0.5, 0.6) is 0 Å². The zero-order valence-corrected chi connectivity index (χ0v) is 9.27. The Balaban J connectivity index is 0.00000121. The smallest absolute Gasteiger partial charge is 0.0835 e. The van der Waals surface area contributed by atoms with E-state index >= 15 is 0 Å². The van der Waals surface area contributed by atoms with Gasteiger partial charge in [0.1, 0.15) is 0 Å². The first-order chi connectivity index (χ1) is 5.43. The summed E-state index contributed by atoms with van der Waals surface area (Å²) >= 11 is 7.44. The summed E-state index contributed by atoms with van der Waals surface area (Å²) < 4.78 is 0. The Morgan fingerprint density at radius 3 is 2.50 bits per heavy atom. The Hall–Kier alpha value is 0.450. The predicted molar refractivity (Wildman–Crippen MR) is 59.5 cm³/mol. The summed E-state index contributed by atoms with van der Waals surface area (Å²) in [5.74, 6) is 8.87. The third-order valence-corrected chi connectivity index (χ3v) is 2.67. The van der Waals surface area contributed by atoms with Crippen LogP contribution in [-0.2, 0) is 0 Å². The number of halogens is 2. The minimum Gasteiger partial charge on any atom is -0.291 e. The zero-order valence-electron chi connectivity index (χ0n) is 6.88. The Morgan fingerprint density at radius 1 is 1.25 bits per heavy atom. The molecule has 4 heteroatoms. The van der Waals surface area contributed by atoms with E-state index in [1.807, 2.05) is 11.8 Å². The highest BCUT2D eigenvalue weighted by atomic mass is 35.5. The van der Waals surface area contributed by atoms with E-state index in [-0.39, 0.29) is 12.4 Å². The Labute approximate surface area is 89.6 Å². The van der Waals surface area contributed by atoms with Crippen molar-refractivity contribution >= 4 is 35.8 Å². The summed E-state index contributed by atoms with van der Waals surface area (Å²) in [4.78, 5) is 2.37. The molecule has 0 bridgehead atoms. The minimum absolute atomic E-state index is 0. The molecule has 1 saturated heterocycles. The van der Waals surface area contributed by atoms with Crippen LogP contribution in [0.2, 0.25) is 0 Å². The molecule has 1 aliphatic heterocycles. The van der Waals surface area contributed by atoms with Gasteiger partial charge in [-0.25, -0.2) is 0 Å². The number of thioether (sulfide) groups is 1. The molecule has 1 nitrogen and oxygen atoms in total. The summed E-state index contributed by atoms with van der Waals surface area (Å²) in [6, 6.07) is 0. The molecule has 0 atom stereocenters. The van der Waals surface area contributed by atoms with Gasteiger partial charge in [-0.1, -0.05) is 11.8 Å². The first-order valence-electron chi connectivity index (χ1n) is 3.75. The molecular weight excluding hydrogens is 213 g/mol. The molecule has 1 rings (SSSR count). The van der Waals surface area contributed by atoms with E-state index in [4.69, 9.17) is 11.6 Å². The van der Waals surface area contributed by atoms with Crippen molar-refractivity contribution in [3.8, 4) is 11.8 Å². The number of nitrogens with zero attached hydrogens (tertiary/aromatic N) is 1. The molecule has 1 fully saturated rings. The second-order valence-corrected chi connectivity index (χ2v) is 3.87. The van der Waals surface area contributed by atoms with Crippen molar-refractivity contribution < 1.29 is 0 Å². The molecule has 0 aromatic carbocycles. The van der Waals surface area contributed by atoms with Gasteiger partial charge in [0.15, 0.2) is 0 Å². The molecule has 1 heterocycles. The van der Waals surface area contributed by atoms with E-state index in [2.05, 4.69) is 16.7 Å². The minimum atomic E-state index is 0. The van der Waals surface area contributed by atoms with Crippen LogP contribution in [-0.4, -0.2) is 41.9 Å². The maximum atomic E-state index is 5.42.